The second-order valence-electron chi connectivity index (χ2n) is 6.02. The average Bonchev–Trinajstić information content (AvgIpc) is 2.55. The highest BCUT2D eigenvalue weighted by atomic mass is 19.1. The third kappa shape index (κ3) is 3.58. The number of benzene rings is 2. The van der Waals surface area contributed by atoms with Gasteiger partial charge in [-0.05, 0) is 48.4 Å². The SMILES string of the molecule is CC(O)(CNCc1cc(F)cc2cccnc12)c1ccc(F)cc1. The summed E-state index contributed by atoms with van der Waals surface area (Å²) in [7, 11) is 0. The minimum Gasteiger partial charge on any atom is -0.384 e. The Morgan fingerprint density at radius 2 is 1.83 bits per heavy atom. The molecular weight excluding hydrogens is 310 g/mol. The van der Waals surface area contributed by atoms with Crippen molar-refractivity contribution >= 4 is 10.9 Å². The van der Waals surface area contributed by atoms with Crippen LogP contribution in [0.25, 0.3) is 10.9 Å². The van der Waals surface area contributed by atoms with Crippen LogP contribution in [0.1, 0.15) is 18.1 Å². The lowest BCUT2D eigenvalue weighted by Gasteiger charge is -2.24. The largest absolute Gasteiger partial charge is 0.384 e. The molecule has 0 saturated heterocycles. The predicted molar refractivity (Wildman–Crippen MR) is 89.4 cm³/mol. The second kappa shape index (κ2) is 6.63. The Morgan fingerprint density at radius 3 is 2.58 bits per heavy atom. The zero-order valence-corrected chi connectivity index (χ0v) is 13.3. The maximum Gasteiger partial charge on any atom is 0.124 e. The standard InChI is InChI=1S/C19H18F2N2O/c1-19(24,15-4-6-16(20)7-5-15)12-22-11-14-10-17(21)9-13-3-2-8-23-18(13)14/h2-10,22,24H,11-12H2,1H3. The van der Waals surface area contributed by atoms with Gasteiger partial charge in [-0.1, -0.05) is 18.2 Å². The number of hydrogen-bond acceptors (Lipinski definition) is 3. The van der Waals surface area contributed by atoms with Gasteiger partial charge in [0.15, 0.2) is 0 Å². The molecule has 0 amide bonds. The molecule has 24 heavy (non-hydrogen) atoms. The van der Waals surface area contributed by atoms with E-state index < -0.39 is 5.60 Å². The maximum absolute atomic E-state index is 13.7. The topological polar surface area (TPSA) is 45.1 Å². The van der Waals surface area contributed by atoms with Crippen LogP contribution in [0.2, 0.25) is 0 Å². The molecule has 3 nitrogen and oxygen atoms in total. The molecule has 0 spiro atoms. The van der Waals surface area contributed by atoms with E-state index in [-0.39, 0.29) is 18.2 Å². The minimum absolute atomic E-state index is 0.240. The molecule has 0 bridgehead atoms. The predicted octanol–water partition coefficient (Wildman–Crippen LogP) is 3.51. The summed E-state index contributed by atoms with van der Waals surface area (Å²) in [6.45, 7) is 2.25. The number of rotatable bonds is 5. The lowest BCUT2D eigenvalue weighted by atomic mass is 9.96. The summed E-state index contributed by atoms with van der Waals surface area (Å²) >= 11 is 0. The Balaban J connectivity index is 1.73. The summed E-state index contributed by atoms with van der Waals surface area (Å²) in [6.07, 6.45) is 1.67. The van der Waals surface area contributed by atoms with Gasteiger partial charge in [-0.2, -0.15) is 0 Å². The maximum atomic E-state index is 13.7. The van der Waals surface area contributed by atoms with Gasteiger partial charge in [-0.3, -0.25) is 4.98 Å². The highest BCUT2D eigenvalue weighted by molar-refractivity contribution is 5.81. The van der Waals surface area contributed by atoms with Crippen molar-refractivity contribution in [2.45, 2.75) is 19.1 Å². The third-order valence-corrected chi connectivity index (χ3v) is 4.00. The quantitative estimate of drug-likeness (QED) is 0.753. The number of pyridine rings is 1. The Morgan fingerprint density at radius 1 is 1.08 bits per heavy atom. The van der Waals surface area contributed by atoms with Crippen molar-refractivity contribution in [3.63, 3.8) is 0 Å². The lowest BCUT2D eigenvalue weighted by molar-refractivity contribution is 0.0566. The summed E-state index contributed by atoms with van der Waals surface area (Å²) in [4.78, 5) is 4.29. The van der Waals surface area contributed by atoms with Crippen molar-refractivity contribution in [2.24, 2.45) is 0 Å². The van der Waals surface area contributed by atoms with E-state index in [0.717, 1.165) is 16.5 Å². The van der Waals surface area contributed by atoms with Crippen molar-refractivity contribution in [1.82, 2.24) is 10.3 Å². The van der Waals surface area contributed by atoms with Gasteiger partial charge in [0.1, 0.15) is 11.6 Å². The first-order valence-corrected chi connectivity index (χ1v) is 7.68. The van der Waals surface area contributed by atoms with E-state index in [1.54, 1.807) is 31.3 Å². The molecule has 3 aromatic rings. The van der Waals surface area contributed by atoms with Gasteiger partial charge >= 0.3 is 0 Å². The van der Waals surface area contributed by atoms with Crippen LogP contribution >= 0.6 is 0 Å². The van der Waals surface area contributed by atoms with Crippen LogP contribution in [0.4, 0.5) is 8.78 Å². The highest BCUT2D eigenvalue weighted by Gasteiger charge is 2.22. The molecule has 0 aliphatic carbocycles. The molecule has 2 aromatic carbocycles. The van der Waals surface area contributed by atoms with Gasteiger partial charge in [0.05, 0.1) is 11.1 Å². The van der Waals surface area contributed by atoms with Gasteiger partial charge in [-0.25, -0.2) is 8.78 Å². The number of hydrogen-bond donors (Lipinski definition) is 2. The van der Waals surface area contributed by atoms with Gasteiger partial charge in [0.2, 0.25) is 0 Å². The van der Waals surface area contributed by atoms with Crippen molar-refractivity contribution in [1.29, 1.82) is 0 Å². The van der Waals surface area contributed by atoms with E-state index in [4.69, 9.17) is 0 Å². The fourth-order valence-electron chi connectivity index (χ4n) is 2.71. The summed E-state index contributed by atoms with van der Waals surface area (Å²) in [5.41, 5.74) is 0.900. The monoisotopic (exact) mass is 328 g/mol. The molecule has 1 atom stereocenters. The van der Waals surface area contributed by atoms with Crippen molar-refractivity contribution in [2.75, 3.05) is 6.54 Å². The number of aliphatic hydroxyl groups is 1. The van der Waals surface area contributed by atoms with Crippen LogP contribution in [-0.2, 0) is 12.1 Å². The molecule has 0 aliphatic rings. The van der Waals surface area contributed by atoms with E-state index >= 15 is 0 Å². The fraction of sp³-hybridized carbons (Fsp3) is 0.211. The summed E-state index contributed by atoms with van der Waals surface area (Å²) < 4.78 is 26.7. The van der Waals surface area contributed by atoms with Crippen LogP contribution < -0.4 is 5.32 Å². The number of nitrogens with zero attached hydrogens (tertiary/aromatic N) is 1. The molecule has 0 saturated carbocycles. The summed E-state index contributed by atoms with van der Waals surface area (Å²) in [6, 6.07) is 12.2. The van der Waals surface area contributed by atoms with E-state index in [0.29, 0.717) is 12.1 Å². The molecule has 0 fully saturated rings. The number of aromatic nitrogens is 1. The second-order valence-corrected chi connectivity index (χ2v) is 6.02. The molecule has 1 unspecified atom stereocenters. The first-order valence-electron chi connectivity index (χ1n) is 7.68. The smallest absolute Gasteiger partial charge is 0.124 e. The highest BCUT2D eigenvalue weighted by Crippen LogP contribution is 2.21. The van der Waals surface area contributed by atoms with Gasteiger partial charge < -0.3 is 10.4 Å². The number of fused-ring (bicyclic) bond motifs is 1. The third-order valence-electron chi connectivity index (χ3n) is 4.00. The summed E-state index contributed by atoms with van der Waals surface area (Å²) in [5, 5.41) is 14.4. The van der Waals surface area contributed by atoms with E-state index in [1.807, 2.05) is 6.07 Å². The molecule has 5 heteroatoms. The Bertz CT molecular complexity index is 848. The van der Waals surface area contributed by atoms with Crippen LogP contribution in [0.15, 0.2) is 54.7 Å². The zero-order chi connectivity index (χ0) is 17.2. The Kier molecular flexibility index (Phi) is 4.55. The zero-order valence-electron chi connectivity index (χ0n) is 13.3. The van der Waals surface area contributed by atoms with Gasteiger partial charge in [-0.15, -0.1) is 0 Å². The van der Waals surface area contributed by atoms with Gasteiger partial charge in [0.25, 0.3) is 0 Å². The molecule has 1 heterocycles. The van der Waals surface area contributed by atoms with Crippen LogP contribution in [0.3, 0.4) is 0 Å². The molecule has 1 aromatic heterocycles. The minimum atomic E-state index is -1.16. The Labute approximate surface area is 139 Å². The Hall–Kier alpha value is -2.37. The number of halogens is 2. The van der Waals surface area contributed by atoms with Crippen LogP contribution in [-0.4, -0.2) is 16.6 Å². The molecule has 0 radical (unpaired) electrons. The normalized spacial score (nSPS) is 13.8. The first-order chi connectivity index (χ1) is 11.5. The van der Waals surface area contributed by atoms with Crippen molar-refractivity contribution < 1.29 is 13.9 Å². The van der Waals surface area contributed by atoms with Crippen LogP contribution in [0, 0.1) is 11.6 Å². The molecule has 0 aliphatic heterocycles. The lowest BCUT2D eigenvalue weighted by Crippen LogP contribution is -2.35. The molecule has 2 N–H and O–H groups in total. The van der Waals surface area contributed by atoms with Crippen molar-refractivity contribution in [3.8, 4) is 0 Å². The number of nitrogens with one attached hydrogen (secondary N) is 1. The first kappa shape index (κ1) is 16.5. The van der Waals surface area contributed by atoms with E-state index in [9.17, 15) is 13.9 Å². The van der Waals surface area contributed by atoms with E-state index in [2.05, 4.69) is 10.3 Å². The van der Waals surface area contributed by atoms with Crippen molar-refractivity contribution in [3.05, 3.63) is 77.5 Å². The van der Waals surface area contributed by atoms with Gasteiger partial charge in [0, 0.05) is 24.7 Å². The molecule has 3 rings (SSSR count). The van der Waals surface area contributed by atoms with Crippen LogP contribution in [0.5, 0.6) is 0 Å². The summed E-state index contributed by atoms with van der Waals surface area (Å²) in [5.74, 6) is -0.669. The fourth-order valence-corrected chi connectivity index (χ4v) is 2.71. The van der Waals surface area contributed by atoms with E-state index in [1.165, 1.54) is 24.3 Å². The average molecular weight is 328 g/mol. The molecule has 124 valence electrons. The molecular formula is C19H18F2N2O.